The highest BCUT2D eigenvalue weighted by Crippen LogP contribution is 2.37. The Kier molecular flexibility index (Phi) is 4.57. The smallest absolute Gasteiger partial charge is 0.254 e. The molecule has 1 aromatic rings. The maximum Gasteiger partial charge on any atom is 0.254 e. The average molecular weight is 399 g/mol. The van der Waals surface area contributed by atoms with Crippen molar-refractivity contribution in [1.29, 1.82) is 0 Å². The normalized spacial score (nSPS) is 30.1. The summed E-state index contributed by atoms with van der Waals surface area (Å²) >= 11 is 3.88. The van der Waals surface area contributed by atoms with E-state index < -0.39 is 0 Å². The van der Waals surface area contributed by atoms with Gasteiger partial charge in [-0.3, -0.25) is 4.79 Å². The van der Waals surface area contributed by atoms with Gasteiger partial charge < -0.3 is 10.6 Å². The van der Waals surface area contributed by atoms with Gasteiger partial charge in [-0.1, -0.05) is 0 Å². The van der Waals surface area contributed by atoms with Crippen molar-refractivity contribution in [2.75, 3.05) is 13.1 Å². The van der Waals surface area contributed by atoms with E-state index in [4.69, 9.17) is 5.73 Å². The Labute approximate surface area is 131 Å². The zero-order valence-corrected chi connectivity index (χ0v) is 13.6. The number of fused-ring (bicyclic) bond motifs is 1. The first-order chi connectivity index (χ1) is 8.15. The number of carbonyl (C=O) groups excluding carboxylic acids is 1. The van der Waals surface area contributed by atoms with Crippen molar-refractivity contribution in [2.24, 2.45) is 17.6 Å². The first-order valence-electron chi connectivity index (χ1n) is 5.94. The summed E-state index contributed by atoms with van der Waals surface area (Å²) in [5, 5.41) is 1.96. The molecule has 1 saturated heterocycles. The van der Waals surface area contributed by atoms with Gasteiger partial charge in [0.25, 0.3) is 5.91 Å². The first-order valence-corrected chi connectivity index (χ1v) is 7.90. The van der Waals surface area contributed by atoms with E-state index in [1.807, 2.05) is 16.3 Å². The van der Waals surface area contributed by atoms with Crippen molar-refractivity contribution < 1.29 is 4.79 Å². The van der Waals surface area contributed by atoms with Gasteiger partial charge in [-0.25, -0.2) is 0 Å². The van der Waals surface area contributed by atoms with Crippen LogP contribution in [-0.4, -0.2) is 29.9 Å². The zero-order chi connectivity index (χ0) is 12.0. The third-order valence-electron chi connectivity index (χ3n) is 4.01. The molecule has 6 heteroatoms. The molecule has 3 atom stereocenters. The molecular formula is C12H16ClIN2OS. The standard InChI is InChI=1S/C12H15IN2OS.ClH/c13-11-3-8(6-17-11)12(16)15-4-7-1-2-10(14)9(7)5-15;/h3,6-7,9-10H,1-2,4-5,14H2;1H. The van der Waals surface area contributed by atoms with Crippen LogP contribution in [-0.2, 0) is 0 Å². The zero-order valence-electron chi connectivity index (χ0n) is 9.84. The molecule has 1 amide bonds. The van der Waals surface area contributed by atoms with E-state index in [1.165, 1.54) is 9.30 Å². The van der Waals surface area contributed by atoms with Crippen LogP contribution in [0.15, 0.2) is 11.4 Å². The maximum absolute atomic E-state index is 12.3. The van der Waals surface area contributed by atoms with Crippen molar-refractivity contribution in [1.82, 2.24) is 4.90 Å². The Morgan fingerprint density at radius 1 is 1.44 bits per heavy atom. The Morgan fingerprint density at radius 3 is 2.83 bits per heavy atom. The second-order valence-electron chi connectivity index (χ2n) is 5.01. The third kappa shape index (κ3) is 2.55. The topological polar surface area (TPSA) is 46.3 Å². The number of hydrogen-bond acceptors (Lipinski definition) is 3. The van der Waals surface area contributed by atoms with Gasteiger partial charge >= 0.3 is 0 Å². The van der Waals surface area contributed by atoms with Crippen molar-refractivity contribution in [2.45, 2.75) is 18.9 Å². The van der Waals surface area contributed by atoms with Gasteiger partial charge in [-0.2, -0.15) is 0 Å². The number of nitrogens with zero attached hydrogens (tertiary/aromatic N) is 1. The molecule has 2 heterocycles. The molecule has 3 unspecified atom stereocenters. The molecular weight excluding hydrogens is 383 g/mol. The molecule has 2 aliphatic rings. The number of carbonyl (C=O) groups is 1. The maximum atomic E-state index is 12.3. The largest absolute Gasteiger partial charge is 0.338 e. The summed E-state index contributed by atoms with van der Waals surface area (Å²) in [6, 6.07) is 2.28. The highest BCUT2D eigenvalue weighted by atomic mass is 127. The predicted octanol–water partition coefficient (Wildman–Crippen LogP) is 2.58. The van der Waals surface area contributed by atoms with Gasteiger partial charge in [0.2, 0.25) is 0 Å². The Bertz CT molecular complexity index is 453. The summed E-state index contributed by atoms with van der Waals surface area (Å²) in [4.78, 5) is 14.3. The molecule has 2 N–H and O–H groups in total. The molecule has 1 aliphatic heterocycles. The van der Waals surface area contributed by atoms with Crippen LogP contribution >= 0.6 is 46.3 Å². The number of rotatable bonds is 1. The molecule has 0 bridgehead atoms. The summed E-state index contributed by atoms with van der Waals surface area (Å²) < 4.78 is 1.17. The number of likely N-dealkylation sites (tertiary alicyclic amines) is 1. The summed E-state index contributed by atoms with van der Waals surface area (Å²) in [6.45, 7) is 1.76. The number of amides is 1. The van der Waals surface area contributed by atoms with Gasteiger partial charge in [-0.15, -0.1) is 23.7 Å². The summed E-state index contributed by atoms with van der Waals surface area (Å²) in [5.74, 6) is 1.37. The number of nitrogens with two attached hydrogens (primary N) is 1. The summed E-state index contributed by atoms with van der Waals surface area (Å²) in [7, 11) is 0. The third-order valence-corrected chi connectivity index (χ3v) is 5.80. The molecule has 100 valence electrons. The van der Waals surface area contributed by atoms with Gasteiger partial charge in [-0.05, 0) is 53.3 Å². The molecule has 1 aromatic heterocycles. The fourth-order valence-electron chi connectivity index (χ4n) is 3.08. The molecule has 0 aromatic carbocycles. The molecule has 0 spiro atoms. The van der Waals surface area contributed by atoms with Crippen LogP contribution in [0.25, 0.3) is 0 Å². The van der Waals surface area contributed by atoms with E-state index in [9.17, 15) is 4.79 Å². The van der Waals surface area contributed by atoms with Crippen LogP contribution in [0.1, 0.15) is 23.2 Å². The first kappa shape index (κ1) is 14.6. The van der Waals surface area contributed by atoms with Crippen LogP contribution in [0.3, 0.4) is 0 Å². The molecule has 18 heavy (non-hydrogen) atoms. The highest BCUT2D eigenvalue weighted by molar-refractivity contribution is 14.1. The van der Waals surface area contributed by atoms with Crippen LogP contribution in [0.5, 0.6) is 0 Å². The fraction of sp³-hybridized carbons (Fsp3) is 0.583. The minimum absolute atomic E-state index is 0. The van der Waals surface area contributed by atoms with E-state index in [0.717, 1.165) is 25.1 Å². The van der Waals surface area contributed by atoms with Crippen molar-refractivity contribution >= 4 is 52.2 Å². The SMILES string of the molecule is Cl.NC1CCC2CN(C(=O)c3csc(I)c3)CC12. The molecule has 2 fully saturated rings. The van der Waals surface area contributed by atoms with Crippen LogP contribution in [0.4, 0.5) is 0 Å². The highest BCUT2D eigenvalue weighted by Gasteiger charge is 2.42. The summed E-state index contributed by atoms with van der Waals surface area (Å²) in [6.07, 6.45) is 2.32. The molecule has 3 nitrogen and oxygen atoms in total. The molecule has 1 saturated carbocycles. The lowest BCUT2D eigenvalue weighted by molar-refractivity contribution is 0.0780. The van der Waals surface area contributed by atoms with E-state index in [1.54, 1.807) is 11.3 Å². The van der Waals surface area contributed by atoms with Crippen LogP contribution in [0.2, 0.25) is 0 Å². The fourth-order valence-corrected chi connectivity index (χ4v) is 4.40. The van der Waals surface area contributed by atoms with E-state index >= 15 is 0 Å². The second-order valence-corrected chi connectivity index (χ2v) is 7.82. The average Bonchev–Trinajstić information content (AvgIpc) is 2.96. The van der Waals surface area contributed by atoms with Crippen LogP contribution in [0, 0.1) is 14.7 Å². The quantitative estimate of drug-likeness (QED) is 0.739. The van der Waals surface area contributed by atoms with Crippen molar-refractivity contribution in [3.05, 3.63) is 19.9 Å². The lowest BCUT2D eigenvalue weighted by Gasteiger charge is -2.18. The number of hydrogen-bond donors (Lipinski definition) is 1. The predicted molar refractivity (Wildman–Crippen MR) is 84.4 cm³/mol. The van der Waals surface area contributed by atoms with E-state index in [2.05, 4.69) is 22.6 Å². The lowest BCUT2D eigenvalue weighted by Crippen LogP contribution is -2.33. The molecule has 0 radical (unpaired) electrons. The van der Waals surface area contributed by atoms with Crippen molar-refractivity contribution in [3.8, 4) is 0 Å². The summed E-state index contributed by atoms with van der Waals surface area (Å²) in [5.41, 5.74) is 6.93. The van der Waals surface area contributed by atoms with Gasteiger partial charge in [0.1, 0.15) is 0 Å². The van der Waals surface area contributed by atoms with Gasteiger partial charge in [0, 0.05) is 24.5 Å². The molecule has 1 aliphatic carbocycles. The number of halogens is 2. The van der Waals surface area contributed by atoms with E-state index in [-0.39, 0.29) is 18.3 Å². The molecule has 3 rings (SSSR count). The van der Waals surface area contributed by atoms with Crippen molar-refractivity contribution in [3.63, 3.8) is 0 Å². The minimum atomic E-state index is 0. The number of thiophene rings is 1. The second kappa shape index (κ2) is 5.64. The Morgan fingerprint density at radius 2 is 2.22 bits per heavy atom. The minimum Gasteiger partial charge on any atom is -0.338 e. The van der Waals surface area contributed by atoms with Gasteiger partial charge in [0.05, 0.1) is 8.45 Å². The Balaban J connectivity index is 0.00000120. The van der Waals surface area contributed by atoms with Crippen LogP contribution < -0.4 is 5.73 Å². The Hall–Kier alpha value is 0.150. The van der Waals surface area contributed by atoms with Gasteiger partial charge in [0.15, 0.2) is 0 Å². The lowest BCUT2D eigenvalue weighted by atomic mass is 9.98. The van der Waals surface area contributed by atoms with E-state index in [0.29, 0.717) is 17.9 Å². The monoisotopic (exact) mass is 398 g/mol.